The van der Waals surface area contributed by atoms with Crippen LogP contribution in [0.2, 0.25) is 0 Å². The van der Waals surface area contributed by atoms with Crippen molar-refractivity contribution >= 4 is 32.5 Å². The highest BCUT2D eigenvalue weighted by atomic mass is 35.5. The maximum Gasteiger partial charge on any atom is 0.416 e. The van der Waals surface area contributed by atoms with Crippen molar-refractivity contribution in [2.24, 2.45) is 0 Å². The van der Waals surface area contributed by atoms with Gasteiger partial charge in [-0.1, -0.05) is 0 Å². The Bertz CT molecular complexity index is 116. The molecule has 8 heavy (non-hydrogen) atoms. The zero-order valence-corrected chi connectivity index (χ0v) is 5.59. The molecular weight excluding hydrogens is 152 g/mol. The van der Waals surface area contributed by atoms with Crippen molar-refractivity contribution in [1.82, 2.24) is 5.32 Å². The molecule has 46 valence electrons. The minimum atomic E-state index is -0.961. The number of imide groups is 1. The number of carbonyl (C=O) groups is 2. The number of hydrogen-bond donors (Lipinski definition) is 1. The van der Waals surface area contributed by atoms with E-state index < -0.39 is 11.5 Å². The molecule has 0 saturated heterocycles. The summed E-state index contributed by atoms with van der Waals surface area (Å²) in [7, 11) is 1.66. The average Bonchev–Trinajstić information content (AvgIpc) is 1.65. The highest BCUT2D eigenvalue weighted by Gasteiger charge is 2.00. The lowest BCUT2D eigenvalue weighted by molar-refractivity contribution is 0.208. The summed E-state index contributed by atoms with van der Waals surface area (Å²) in [6, 6.07) is 0. The van der Waals surface area contributed by atoms with E-state index >= 15 is 0 Å². The molecular formula is C2H3ClNO3P. The van der Waals surface area contributed by atoms with E-state index in [-0.39, 0.29) is 0 Å². The number of amides is 2. The number of halogens is 1. The maximum absolute atomic E-state index is 9.96. The minimum Gasteiger partial charge on any atom is -0.435 e. The first-order valence-corrected chi connectivity index (χ1v) is 2.39. The smallest absolute Gasteiger partial charge is 0.416 e. The first kappa shape index (κ1) is 7.66. The number of carbonyl (C=O) groups excluding carboxylic acids is 2. The lowest BCUT2D eigenvalue weighted by atomic mass is 11.1. The lowest BCUT2D eigenvalue weighted by Crippen LogP contribution is -2.23. The van der Waals surface area contributed by atoms with Crippen LogP contribution in [0.15, 0.2) is 0 Å². The summed E-state index contributed by atoms with van der Waals surface area (Å²) in [6.07, 6.45) is -0.894. The fourth-order valence-corrected chi connectivity index (χ4v) is 0.246. The monoisotopic (exact) mass is 155 g/mol. The molecule has 0 aromatic carbocycles. The third-order valence-corrected chi connectivity index (χ3v) is 0.616. The van der Waals surface area contributed by atoms with Gasteiger partial charge in [0.05, 0.1) is 9.47 Å². The summed E-state index contributed by atoms with van der Waals surface area (Å²) in [5, 5.41) is 0.676. The zero-order valence-electron chi connectivity index (χ0n) is 3.68. The van der Waals surface area contributed by atoms with Crippen LogP contribution >= 0.6 is 21.1 Å². The zero-order chi connectivity index (χ0) is 6.57. The van der Waals surface area contributed by atoms with Crippen LogP contribution < -0.4 is 5.32 Å². The van der Waals surface area contributed by atoms with Gasteiger partial charge in [0.2, 0.25) is 0 Å². The van der Waals surface area contributed by atoms with Gasteiger partial charge in [-0.05, 0) is 11.6 Å². The quantitative estimate of drug-likeness (QED) is 0.321. The van der Waals surface area contributed by atoms with E-state index in [0.717, 1.165) is 0 Å². The Morgan fingerprint density at radius 2 is 2.12 bits per heavy atom. The Balaban J connectivity index is 3.40. The fraction of sp³-hybridized carbons (Fsp3) is 0. The van der Waals surface area contributed by atoms with E-state index in [2.05, 4.69) is 4.52 Å². The van der Waals surface area contributed by atoms with Gasteiger partial charge in [-0.25, -0.2) is 10.1 Å². The van der Waals surface area contributed by atoms with Gasteiger partial charge in [0.15, 0.2) is 0 Å². The predicted molar refractivity (Wildman–Crippen MR) is 30.6 cm³/mol. The van der Waals surface area contributed by atoms with Crippen LogP contribution in [0.25, 0.3) is 0 Å². The van der Waals surface area contributed by atoms with Crippen LogP contribution in [0.3, 0.4) is 0 Å². The van der Waals surface area contributed by atoms with Gasteiger partial charge < -0.3 is 4.52 Å². The van der Waals surface area contributed by atoms with Crippen LogP contribution in [0.5, 0.6) is 0 Å². The van der Waals surface area contributed by atoms with Gasteiger partial charge in [-0.15, -0.1) is 0 Å². The highest BCUT2D eigenvalue weighted by molar-refractivity contribution is 7.10. The van der Waals surface area contributed by atoms with Gasteiger partial charge in [-0.2, -0.15) is 0 Å². The van der Waals surface area contributed by atoms with Gasteiger partial charge in [0.25, 0.3) is 0 Å². The van der Waals surface area contributed by atoms with Crippen molar-refractivity contribution < 1.29 is 14.1 Å². The number of hydrogen-bond acceptors (Lipinski definition) is 3. The maximum atomic E-state index is 9.96. The Morgan fingerprint density at radius 1 is 1.62 bits per heavy atom. The minimum absolute atomic E-state index is 0.894. The second-order valence-electron chi connectivity index (χ2n) is 0.804. The standard InChI is InChI=1S/C2H3ClNO3P/c3-1(5)4-2(6)7-8/h8H2,(H,4,5,6). The Morgan fingerprint density at radius 3 is 2.25 bits per heavy atom. The van der Waals surface area contributed by atoms with E-state index in [1.54, 1.807) is 14.8 Å². The van der Waals surface area contributed by atoms with Crippen molar-refractivity contribution in [3.63, 3.8) is 0 Å². The van der Waals surface area contributed by atoms with Gasteiger partial charge >= 0.3 is 11.5 Å². The molecule has 1 unspecified atom stereocenters. The van der Waals surface area contributed by atoms with Crippen LogP contribution in [-0.4, -0.2) is 11.5 Å². The largest absolute Gasteiger partial charge is 0.435 e. The van der Waals surface area contributed by atoms with Crippen LogP contribution in [-0.2, 0) is 4.52 Å². The van der Waals surface area contributed by atoms with Crippen molar-refractivity contribution in [1.29, 1.82) is 0 Å². The van der Waals surface area contributed by atoms with Crippen molar-refractivity contribution in [3.05, 3.63) is 0 Å². The molecule has 0 saturated carbocycles. The molecule has 0 aromatic heterocycles. The third-order valence-electron chi connectivity index (χ3n) is 0.307. The van der Waals surface area contributed by atoms with E-state index in [9.17, 15) is 9.59 Å². The molecule has 0 bridgehead atoms. The summed E-state index contributed by atoms with van der Waals surface area (Å²) < 4.78 is 3.92. The summed E-state index contributed by atoms with van der Waals surface area (Å²) in [5.74, 6) is 0. The first-order chi connectivity index (χ1) is 3.66. The van der Waals surface area contributed by atoms with Crippen LogP contribution in [0.4, 0.5) is 9.59 Å². The molecule has 0 aliphatic carbocycles. The van der Waals surface area contributed by atoms with Crippen molar-refractivity contribution in [2.75, 3.05) is 0 Å². The molecule has 4 nitrogen and oxygen atoms in total. The molecule has 1 N–H and O–H groups in total. The molecule has 0 aliphatic heterocycles. The van der Waals surface area contributed by atoms with Crippen LogP contribution in [0, 0.1) is 0 Å². The third kappa shape index (κ3) is 3.84. The Hall–Kier alpha value is -0.340. The van der Waals surface area contributed by atoms with E-state index in [1.807, 2.05) is 0 Å². The summed E-state index contributed by atoms with van der Waals surface area (Å²) in [5.41, 5.74) is 0. The van der Waals surface area contributed by atoms with E-state index in [4.69, 9.17) is 11.6 Å². The Kier molecular flexibility index (Phi) is 3.48. The second kappa shape index (κ2) is 3.64. The normalized spacial score (nSPS) is 7.75. The number of nitrogens with one attached hydrogen (secondary N) is 1. The molecule has 0 fully saturated rings. The molecule has 6 heteroatoms. The van der Waals surface area contributed by atoms with Gasteiger partial charge in [0, 0.05) is 0 Å². The average molecular weight is 155 g/mol. The second-order valence-corrected chi connectivity index (χ2v) is 1.38. The van der Waals surface area contributed by atoms with Crippen LogP contribution in [0.1, 0.15) is 0 Å². The summed E-state index contributed by atoms with van der Waals surface area (Å²) in [4.78, 5) is 19.7. The molecule has 0 heterocycles. The number of rotatable bonds is 0. The molecule has 0 aromatic rings. The van der Waals surface area contributed by atoms with Crippen molar-refractivity contribution in [3.8, 4) is 0 Å². The van der Waals surface area contributed by atoms with Crippen molar-refractivity contribution in [2.45, 2.75) is 0 Å². The fourth-order valence-electron chi connectivity index (χ4n) is 0.110. The topological polar surface area (TPSA) is 55.4 Å². The molecule has 0 radical (unpaired) electrons. The van der Waals surface area contributed by atoms with E-state index in [0.29, 0.717) is 0 Å². The van der Waals surface area contributed by atoms with Gasteiger partial charge in [0.1, 0.15) is 0 Å². The van der Waals surface area contributed by atoms with E-state index in [1.165, 1.54) is 0 Å². The SMILES string of the molecule is O=C(Cl)NC(=O)OP. The molecule has 1 atom stereocenters. The summed E-state index contributed by atoms with van der Waals surface area (Å²) >= 11 is 4.69. The molecule has 0 aliphatic rings. The first-order valence-electron chi connectivity index (χ1n) is 1.54. The molecule has 0 spiro atoms. The highest BCUT2D eigenvalue weighted by Crippen LogP contribution is 1.86. The predicted octanol–water partition coefficient (Wildman–Crippen LogP) is 0.861. The molecule has 2 amide bonds. The molecule has 0 rings (SSSR count). The van der Waals surface area contributed by atoms with Gasteiger partial charge in [-0.3, -0.25) is 4.79 Å². The lowest BCUT2D eigenvalue weighted by Gasteiger charge is -1.92. The summed E-state index contributed by atoms with van der Waals surface area (Å²) in [6.45, 7) is 0. The Labute approximate surface area is 52.8 Å².